The van der Waals surface area contributed by atoms with Gasteiger partial charge in [-0.2, -0.15) is 5.10 Å². The van der Waals surface area contributed by atoms with Crippen LogP contribution in [-0.4, -0.2) is 61.9 Å². The number of nitrogens with one attached hydrogen (secondary N) is 1. The predicted molar refractivity (Wildman–Crippen MR) is 116 cm³/mol. The Morgan fingerprint density at radius 1 is 1.27 bits per heavy atom. The van der Waals surface area contributed by atoms with Crippen LogP contribution in [0.4, 0.5) is 4.79 Å². The van der Waals surface area contributed by atoms with E-state index in [2.05, 4.69) is 10.4 Å². The fourth-order valence-electron chi connectivity index (χ4n) is 3.28. The number of urea groups is 1. The molecule has 0 aliphatic carbocycles. The minimum Gasteiger partial charge on any atom is -0.493 e. The second-order valence-electron chi connectivity index (χ2n) is 6.79. The highest BCUT2D eigenvalue weighted by Gasteiger charge is 2.34. The number of rotatable bonds is 7. The number of amides is 3. The van der Waals surface area contributed by atoms with Crippen LogP contribution in [-0.2, 0) is 4.79 Å². The Bertz CT molecular complexity index is 929. The van der Waals surface area contributed by atoms with Gasteiger partial charge in [0.2, 0.25) is 0 Å². The highest BCUT2D eigenvalue weighted by molar-refractivity contribution is 7.12. The molecule has 0 radical (unpaired) electrons. The van der Waals surface area contributed by atoms with E-state index in [1.807, 2.05) is 42.6 Å². The molecule has 160 valence electrons. The Labute approximate surface area is 180 Å². The van der Waals surface area contributed by atoms with E-state index in [1.54, 1.807) is 32.6 Å². The van der Waals surface area contributed by atoms with Crippen molar-refractivity contribution in [2.75, 3.05) is 34.4 Å². The fourth-order valence-corrected chi connectivity index (χ4v) is 4.01. The van der Waals surface area contributed by atoms with Crippen molar-refractivity contribution in [3.05, 3.63) is 46.2 Å². The molecular formula is C21H26N4O4S. The molecule has 0 saturated carbocycles. The first-order valence-electron chi connectivity index (χ1n) is 9.62. The van der Waals surface area contributed by atoms with Gasteiger partial charge in [0.25, 0.3) is 5.91 Å². The van der Waals surface area contributed by atoms with Crippen molar-refractivity contribution in [3.63, 3.8) is 0 Å². The van der Waals surface area contributed by atoms with E-state index in [-0.39, 0.29) is 24.5 Å². The van der Waals surface area contributed by atoms with E-state index in [0.29, 0.717) is 24.5 Å². The third kappa shape index (κ3) is 4.56. The second kappa shape index (κ2) is 9.62. The molecule has 1 aromatic heterocycles. The van der Waals surface area contributed by atoms with Crippen LogP contribution in [0, 0.1) is 0 Å². The molecule has 8 nitrogen and oxygen atoms in total. The van der Waals surface area contributed by atoms with Crippen molar-refractivity contribution in [2.45, 2.75) is 19.4 Å². The third-order valence-corrected chi connectivity index (χ3v) is 5.73. The number of methoxy groups -OCH3 is 2. The maximum absolute atomic E-state index is 13.1. The van der Waals surface area contributed by atoms with Crippen LogP contribution < -0.4 is 14.8 Å². The third-order valence-electron chi connectivity index (χ3n) is 4.81. The van der Waals surface area contributed by atoms with Crippen LogP contribution in [0.15, 0.2) is 40.8 Å². The van der Waals surface area contributed by atoms with Gasteiger partial charge in [-0.1, -0.05) is 12.1 Å². The van der Waals surface area contributed by atoms with E-state index in [4.69, 9.17) is 9.47 Å². The number of benzene rings is 1. The zero-order valence-corrected chi connectivity index (χ0v) is 18.4. The number of carbonyl (C=O) groups excluding carboxylic acids is 2. The van der Waals surface area contributed by atoms with Gasteiger partial charge in [0.05, 0.1) is 30.9 Å². The lowest BCUT2D eigenvalue weighted by atomic mass is 10.0. The molecule has 0 fully saturated rings. The number of nitrogens with zero attached hydrogens (tertiary/aromatic N) is 3. The molecule has 2 aromatic rings. The number of likely N-dealkylation sites (N-methyl/N-ethyl adjacent to an activating group) is 1. The van der Waals surface area contributed by atoms with Crippen LogP contribution in [0.5, 0.6) is 11.5 Å². The number of thiophene rings is 1. The van der Waals surface area contributed by atoms with Gasteiger partial charge in [-0.25, -0.2) is 9.80 Å². The highest BCUT2D eigenvalue weighted by atomic mass is 32.1. The minimum atomic E-state index is -0.296. The van der Waals surface area contributed by atoms with Crippen LogP contribution in [0.2, 0.25) is 0 Å². The summed E-state index contributed by atoms with van der Waals surface area (Å²) >= 11 is 1.58. The van der Waals surface area contributed by atoms with Crippen LogP contribution in [0.1, 0.15) is 29.8 Å². The van der Waals surface area contributed by atoms with E-state index >= 15 is 0 Å². The number of hydrazone groups is 1. The first-order chi connectivity index (χ1) is 14.5. The van der Waals surface area contributed by atoms with E-state index in [1.165, 1.54) is 9.91 Å². The first-order valence-corrected chi connectivity index (χ1v) is 10.5. The normalized spacial score (nSPS) is 15.5. The minimum absolute atomic E-state index is 0.0726. The second-order valence-corrected chi connectivity index (χ2v) is 7.74. The molecule has 3 amide bonds. The summed E-state index contributed by atoms with van der Waals surface area (Å²) in [6.07, 6.45) is 0.576. The van der Waals surface area contributed by atoms with Gasteiger partial charge >= 0.3 is 6.03 Å². The van der Waals surface area contributed by atoms with E-state index in [9.17, 15) is 9.59 Å². The molecule has 0 saturated heterocycles. The van der Waals surface area contributed by atoms with Crippen molar-refractivity contribution in [3.8, 4) is 11.5 Å². The largest absolute Gasteiger partial charge is 0.493 e. The van der Waals surface area contributed by atoms with Gasteiger partial charge in [-0.15, -0.1) is 11.3 Å². The predicted octanol–water partition coefficient (Wildman–Crippen LogP) is 3.10. The van der Waals surface area contributed by atoms with Gasteiger partial charge in [0.1, 0.15) is 6.54 Å². The number of ether oxygens (including phenoxy) is 2. The molecule has 1 atom stereocenters. The molecular weight excluding hydrogens is 404 g/mol. The summed E-state index contributed by atoms with van der Waals surface area (Å²) in [5.41, 5.74) is 1.73. The lowest BCUT2D eigenvalue weighted by Gasteiger charge is -2.25. The van der Waals surface area contributed by atoms with Crippen molar-refractivity contribution in [2.24, 2.45) is 5.10 Å². The smallest absolute Gasteiger partial charge is 0.317 e. The topological polar surface area (TPSA) is 83.5 Å². The lowest BCUT2D eigenvalue weighted by molar-refractivity contribution is -0.133. The fraction of sp³-hybridized carbons (Fsp3) is 0.381. The Balaban J connectivity index is 1.89. The number of carbonyl (C=O) groups is 2. The van der Waals surface area contributed by atoms with Gasteiger partial charge in [0.15, 0.2) is 11.5 Å². The molecule has 0 spiro atoms. The Kier molecular flexibility index (Phi) is 6.94. The summed E-state index contributed by atoms with van der Waals surface area (Å²) in [7, 11) is 4.75. The molecule has 0 unspecified atom stereocenters. The van der Waals surface area contributed by atoms with Crippen molar-refractivity contribution < 1.29 is 19.1 Å². The van der Waals surface area contributed by atoms with E-state index < -0.39 is 0 Å². The zero-order chi connectivity index (χ0) is 21.7. The first kappa shape index (κ1) is 21.6. The van der Waals surface area contributed by atoms with Crippen LogP contribution >= 0.6 is 11.3 Å². The molecule has 9 heteroatoms. The van der Waals surface area contributed by atoms with E-state index in [0.717, 1.165) is 16.2 Å². The average molecular weight is 431 g/mol. The summed E-state index contributed by atoms with van der Waals surface area (Å²) < 4.78 is 10.8. The van der Waals surface area contributed by atoms with Gasteiger partial charge in [-0.3, -0.25) is 4.79 Å². The highest BCUT2D eigenvalue weighted by Crippen LogP contribution is 2.37. The van der Waals surface area contributed by atoms with Crippen molar-refractivity contribution >= 4 is 29.0 Å². The Morgan fingerprint density at radius 3 is 2.67 bits per heavy atom. The zero-order valence-electron chi connectivity index (χ0n) is 17.5. The van der Waals surface area contributed by atoms with Gasteiger partial charge in [0, 0.05) is 20.0 Å². The SMILES string of the molecule is CCNC(=O)N(C)CC(=O)N1N=C(c2cccs2)C[C@@H]1c1ccc(OC)c(OC)c1. The monoisotopic (exact) mass is 430 g/mol. The van der Waals surface area contributed by atoms with Crippen molar-refractivity contribution in [1.29, 1.82) is 0 Å². The molecule has 3 rings (SSSR count). The molecule has 1 aliphatic heterocycles. The molecule has 30 heavy (non-hydrogen) atoms. The summed E-state index contributed by atoms with van der Waals surface area (Å²) in [4.78, 5) is 27.5. The van der Waals surface area contributed by atoms with Crippen LogP contribution in [0.25, 0.3) is 0 Å². The Hall–Kier alpha value is -3.07. The quantitative estimate of drug-likeness (QED) is 0.732. The van der Waals surface area contributed by atoms with Gasteiger partial charge < -0.3 is 19.7 Å². The molecule has 1 aliphatic rings. The molecule has 0 bridgehead atoms. The summed E-state index contributed by atoms with van der Waals surface area (Å²) in [6, 6.07) is 8.95. The van der Waals surface area contributed by atoms with Crippen molar-refractivity contribution in [1.82, 2.24) is 15.2 Å². The van der Waals surface area contributed by atoms with Crippen LogP contribution in [0.3, 0.4) is 0 Å². The van der Waals surface area contributed by atoms with Gasteiger partial charge in [-0.05, 0) is 36.1 Å². The lowest BCUT2D eigenvalue weighted by Crippen LogP contribution is -2.43. The Morgan fingerprint density at radius 2 is 2.03 bits per heavy atom. The maximum Gasteiger partial charge on any atom is 0.317 e. The summed E-state index contributed by atoms with van der Waals surface area (Å²) in [5, 5.41) is 10.8. The molecule has 1 N–H and O–H groups in total. The molecule has 2 heterocycles. The number of hydrogen-bond acceptors (Lipinski definition) is 6. The maximum atomic E-state index is 13.1. The molecule has 1 aromatic carbocycles. The average Bonchev–Trinajstić information content (AvgIpc) is 3.43. The summed E-state index contributed by atoms with van der Waals surface area (Å²) in [6.45, 7) is 2.26. The standard InChI is InChI=1S/C21H26N4O4S/c1-5-22-21(27)24(2)13-20(26)25-16(12-15(23-25)19-7-6-10-30-19)14-8-9-17(28-3)18(11-14)29-4/h6-11,16H,5,12-13H2,1-4H3,(H,22,27)/t16-/m1/s1. The summed E-state index contributed by atoms with van der Waals surface area (Å²) in [5.74, 6) is 0.953. The number of hydrogen-bond donors (Lipinski definition) is 1.